The molecule has 0 fully saturated rings. The van der Waals surface area contributed by atoms with Crippen LogP contribution in [-0.4, -0.2) is 10.5 Å². The van der Waals surface area contributed by atoms with E-state index in [0.717, 1.165) is 12.1 Å². The molecule has 0 amide bonds. The summed E-state index contributed by atoms with van der Waals surface area (Å²) in [6.45, 7) is 3.79. The number of aromatic nitrogens is 1. The summed E-state index contributed by atoms with van der Waals surface area (Å²) < 4.78 is 0. The van der Waals surface area contributed by atoms with Gasteiger partial charge in [0, 0.05) is 49.4 Å². The van der Waals surface area contributed by atoms with Gasteiger partial charge in [-0.05, 0) is 6.42 Å². The normalized spacial score (nSPS) is 10.8. The average Bonchev–Trinajstić information content (AvgIpc) is 2.12. The Balaban J connectivity index is 0.000001000. The number of hydrogen-bond donors (Lipinski definition) is 0. The Morgan fingerprint density at radius 2 is 2.27 bits per heavy atom. The van der Waals surface area contributed by atoms with Crippen molar-refractivity contribution in [2.45, 2.75) is 25.8 Å². The summed E-state index contributed by atoms with van der Waals surface area (Å²) in [5.74, 6) is 0. The van der Waals surface area contributed by atoms with Crippen LogP contribution in [0.25, 0.3) is 5.73 Å². The summed E-state index contributed by atoms with van der Waals surface area (Å²) >= 11 is 1.59. The fourth-order valence-electron chi connectivity index (χ4n) is 0.778. The second kappa shape index (κ2) is 4.91. The van der Waals surface area contributed by atoms with E-state index in [-0.39, 0.29) is 49.6 Å². The van der Waals surface area contributed by atoms with Crippen molar-refractivity contribution in [1.29, 1.82) is 0 Å². The van der Waals surface area contributed by atoms with Crippen LogP contribution in [0.5, 0.6) is 0 Å². The van der Waals surface area contributed by atoms with E-state index in [1.165, 1.54) is 0 Å². The molecule has 11 heavy (non-hydrogen) atoms. The van der Waals surface area contributed by atoms with Crippen LogP contribution >= 0.6 is 11.3 Å². The molecule has 0 saturated heterocycles. The number of hydrogen-bond acceptors (Lipinski definition) is 2. The van der Waals surface area contributed by atoms with Crippen LogP contribution in [0.2, 0.25) is 0 Å². The van der Waals surface area contributed by atoms with Gasteiger partial charge in [0.05, 0.1) is 11.2 Å². The number of thiazole rings is 1. The Hall–Kier alpha value is 1.03. The third-order valence-corrected chi connectivity index (χ3v) is 1.74. The van der Waals surface area contributed by atoms with Crippen LogP contribution in [0.4, 0.5) is 0 Å². The predicted molar refractivity (Wildman–Crippen MR) is 44.2 cm³/mol. The largest absolute Gasteiger partial charge is 0.672 e. The van der Waals surface area contributed by atoms with Crippen LogP contribution < -0.4 is 0 Å². The monoisotopic (exact) mass is 382 g/mol. The molecular formula is C7H11AcN2S-. The SMILES string of the molecule is CC(C)([NH-])Cc1cscn1.[Ac]. The molecule has 0 aliphatic heterocycles. The van der Waals surface area contributed by atoms with Gasteiger partial charge >= 0.3 is 0 Å². The number of nitrogens with one attached hydrogen (secondary N) is 1. The van der Waals surface area contributed by atoms with Gasteiger partial charge in [-0.25, -0.2) is 4.98 Å². The van der Waals surface area contributed by atoms with Crippen molar-refractivity contribution in [1.82, 2.24) is 4.98 Å². The standard InChI is InChI=1S/C7H11N2S.Ac/c1-7(2,8)3-6-4-10-5-9-6;/h4-5,8H,3H2,1-2H3;/q-1;. The molecule has 0 spiro atoms. The van der Waals surface area contributed by atoms with Crippen LogP contribution in [0.1, 0.15) is 19.5 Å². The zero-order valence-corrected chi connectivity index (χ0v) is 12.4. The Bertz CT molecular complexity index is 191. The smallest absolute Gasteiger partial charge is 0.0794 e. The first kappa shape index (κ1) is 12.0. The quantitative estimate of drug-likeness (QED) is 0.775. The van der Waals surface area contributed by atoms with Gasteiger partial charge in [0.15, 0.2) is 0 Å². The average molecular weight is 382 g/mol. The second-order valence-electron chi connectivity index (χ2n) is 3.04. The van der Waals surface area contributed by atoms with Crippen LogP contribution in [0.3, 0.4) is 0 Å². The molecule has 2 nitrogen and oxygen atoms in total. The Kier molecular flexibility index (Phi) is 5.37. The van der Waals surface area contributed by atoms with Gasteiger partial charge in [-0.15, -0.1) is 16.9 Å². The van der Waals surface area contributed by atoms with Gasteiger partial charge in [-0.3, -0.25) is 0 Å². The van der Waals surface area contributed by atoms with Crippen molar-refractivity contribution in [2.75, 3.05) is 0 Å². The van der Waals surface area contributed by atoms with E-state index in [4.69, 9.17) is 5.73 Å². The molecule has 1 aromatic heterocycles. The van der Waals surface area contributed by atoms with Crippen LogP contribution in [-0.2, 0) is 6.42 Å². The zero-order chi connectivity index (χ0) is 7.61. The molecule has 1 N–H and O–H groups in total. The summed E-state index contributed by atoms with van der Waals surface area (Å²) in [6, 6.07) is 0. The third kappa shape index (κ3) is 5.30. The minimum atomic E-state index is -0.381. The molecule has 1 radical (unpaired) electrons. The molecule has 0 saturated carbocycles. The van der Waals surface area contributed by atoms with E-state index in [0.29, 0.717) is 0 Å². The maximum Gasteiger partial charge on any atom is 0.0794 e. The predicted octanol–water partition coefficient (Wildman–Crippen LogP) is 2.52. The van der Waals surface area contributed by atoms with Crippen molar-refractivity contribution in [3.05, 3.63) is 22.3 Å². The molecule has 0 aliphatic rings. The fourth-order valence-corrected chi connectivity index (χ4v) is 1.34. The van der Waals surface area contributed by atoms with E-state index in [2.05, 4.69) is 4.98 Å². The van der Waals surface area contributed by atoms with Gasteiger partial charge in [0.2, 0.25) is 0 Å². The maximum absolute atomic E-state index is 7.57. The number of nitrogens with zero attached hydrogens (tertiary/aromatic N) is 1. The second-order valence-corrected chi connectivity index (χ2v) is 3.76. The Labute approximate surface area is 107 Å². The maximum atomic E-state index is 7.57. The van der Waals surface area contributed by atoms with Gasteiger partial charge in [-0.1, -0.05) is 13.8 Å². The molecule has 0 bridgehead atoms. The summed E-state index contributed by atoms with van der Waals surface area (Å²) in [5.41, 5.74) is 10.0. The minimum Gasteiger partial charge on any atom is -0.672 e. The van der Waals surface area contributed by atoms with E-state index in [1.54, 1.807) is 16.8 Å². The fraction of sp³-hybridized carbons (Fsp3) is 0.571. The first-order valence-corrected chi connectivity index (χ1v) is 4.14. The third-order valence-electron chi connectivity index (χ3n) is 1.11. The minimum absolute atomic E-state index is 0. The molecule has 0 aromatic carbocycles. The van der Waals surface area contributed by atoms with Crippen LogP contribution in [0, 0.1) is 44.1 Å². The molecular weight excluding hydrogens is 371 g/mol. The van der Waals surface area contributed by atoms with Crippen molar-refractivity contribution in [2.24, 2.45) is 0 Å². The molecule has 59 valence electrons. The molecule has 1 heterocycles. The van der Waals surface area contributed by atoms with Crippen LogP contribution in [0.15, 0.2) is 10.9 Å². The summed E-state index contributed by atoms with van der Waals surface area (Å²) in [4.78, 5) is 4.10. The van der Waals surface area contributed by atoms with Gasteiger partial charge in [0.1, 0.15) is 0 Å². The summed E-state index contributed by atoms with van der Waals surface area (Å²) in [7, 11) is 0. The zero-order valence-electron chi connectivity index (χ0n) is 6.79. The van der Waals surface area contributed by atoms with Gasteiger partial charge in [0.25, 0.3) is 0 Å². The van der Waals surface area contributed by atoms with Crippen molar-refractivity contribution < 1.29 is 44.1 Å². The van der Waals surface area contributed by atoms with Gasteiger partial charge in [-0.2, -0.15) is 0 Å². The van der Waals surface area contributed by atoms with Crippen molar-refractivity contribution in [3.63, 3.8) is 0 Å². The first-order valence-electron chi connectivity index (χ1n) is 3.20. The van der Waals surface area contributed by atoms with E-state index in [9.17, 15) is 0 Å². The van der Waals surface area contributed by atoms with Crippen molar-refractivity contribution in [3.8, 4) is 0 Å². The Morgan fingerprint density at radius 3 is 2.64 bits per heavy atom. The topological polar surface area (TPSA) is 36.7 Å². The summed E-state index contributed by atoms with van der Waals surface area (Å²) in [6.07, 6.45) is 0.747. The molecule has 1 aromatic rings. The van der Waals surface area contributed by atoms with Gasteiger partial charge < -0.3 is 5.73 Å². The summed E-state index contributed by atoms with van der Waals surface area (Å²) in [5, 5.41) is 2.00. The first-order chi connectivity index (χ1) is 4.58. The van der Waals surface area contributed by atoms with E-state index >= 15 is 0 Å². The molecule has 1 rings (SSSR count). The Morgan fingerprint density at radius 1 is 1.64 bits per heavy atom. The molecule has 4 heteroatoms. The molecule has 0 unspecified atom stereocenters. The molecule has 0 aliphatic carbocycles. The van der Waals surface area contributed by atoms with E-state index < -0.39 is 0 Å². The van der Waals surface area contributed by atoms with E-state index in [1.807, 2.05) is 19.2 Å². The number of rotatable bonds is 2. The van der Waals surface area contributed by atoms with Crippen molar-refractivity contribution >= 4 is 11.3 Å². The molecule has 0 atom stereocenters.